The van der Waals surface area contributed by atoms with Crippen molar-refractivity contribution in [2.24, 2.45) is 0 Å². The van der Waals surface area contributed by atoms with Crippen LogP contribution in [0.15, 0.2) is 84.9 Å². The van der Waals surface area contributed by atoms with Gasteiger partial charge in [-0.2, -0.15) is 8.78 Å². The van der Waals surface area contributed by atoms with Crippen LogP contribution in [0.4, 0.5) is 18.9 Å². The predicted molar refractivity (Wildman–Crippen MR) is 117 cm³/mol. The smallest absolute Gasteiger partial charge is 0.387 e. The molecular formula is C26H18F3NO2. The summed E-state index contributed by atoms with van der Waals surface area (Å²) in [6.07, 6.45) is -0.639. The van der Waals surface area contributed by atoms with Gasteiger partial charge in [-0.15, -0.1) is 0 Å². The Morgan fingerprint density at radius 1 is 0.844 bits per heavy atom. The fourth-order valence-corrected chi connectivity index (χ4v) is 4.11. The van der Waals surface area contributed by atoms with E-state index < -0.39 is 18.5 Å². The molecule has 0 saturated carbocycles. The van der Waals surface area contributed by atoms with Crippen LogP contribution in [0.25, 0.3) is 22.3 Å². The molecule has 5 rings (SSSR count). The van der Waals surface area contributed by atoms with Gasteiger partial charge in [0.2, 0.25) is 0 Å². The molecule has 0 amide bonds. The fourth-order valence-electron chi connectivity index (χ4n) is 4.11. The Morgan fingerprint density at radius 3 is 2.44 bits per heavy atom. The van der Waals surface area contributed by atoms with Gasteiger partial charge in [0.25, 0.3) is 0 Å². The number of hydrogen-bond donors (Lipinski definition) is 1. The van der Waals surface area contributed by atoms with Crippen LogP contribution in [0.3, 0.4) is 0 Å². The number of halogens is 3. The maximum atomic E-state index is 14.0. The Kier molecular flexibility index (Phi) is 4.98. The molecule has 32 heavy (non-hydrogen) atoms. The van der Waals surface area contributed by atoms with Gasteiger partial charge in [-0.3, -0.25) is 0 Å². The van der Waals surface area contributed by atoms with E-state index in [1.54, 1.807) is 30.3 Å². The standard InChI is InChI=1S/C26H18F3NO2/c27-17-6-3-5-16(13-17)25-20-14-15(18-7-1-2-8-21(18)30)11-12-19(20)24-22(31-25)9-4-10-23(24)32-26(28)29/h1-14,25-26H,30H2. The molecule has 4 aromatic rings. The lowest BCUT2D eigenvalue weighted by Gasteiger charge is -2.31. The fraction of sp³-hybridized carbons (Fsp3) is 0.0769. The molecule has 3 nitrogen and oxygen atoms in total. The average molecular weight is 433 g/mol. The highest BCUT2D eigenvalue weighted by atomic mass is 19.3. The van der Waals surface area contributed by atoms with Crippen LogP contribution in [0.5, 0.6) is 11.5 Å². The molecule has 0 radical (unpaired) electrons. The zero-order chi connectivity index (χ0) is 22.2. The highest BCUT2D eigenvalue weighted by molar-refractivity contribution is 5.85. The molecule has 0 fully saturated rings. The number of rotatable bonds is 4. The van der Waals surface area contributed by atoms with Crippen LogP contribution >= 0.6 is 0 Å². The maximum Gasteiger partial charge on any atom is 0.387 e. The number of hydrogen-bond acceptors (Lipinski definition) is 3. The molecule has 0 spiro atoms. The first kappa shape index (κ1) is 20.0. The molecule has 0 saturated heterocycles. The highest BCUT2D eigenvalue weighted by Gasteiger charge is 2.31. The lowest BCUT2D eigenvalue weighted by molar-refractivity contribution is -0.0496. The van der Waals surface area contributed by atoms with Crippen molar-refractivity contribution in [1.82, 2.24) is 0 Å². The Balaban J connectivity index is 1.74. The summed E-state index contributed by atoms with van der Waals surface area (Å²) in [4.78, 5) is 0. The van der Waals surface area contributed by atoms with E-state index in [2.05, 4.69) is 0 Å². The van der Waals surface area contributed by atoms with E-state index in [-0.39, 0.29) is 5.75 Å². The topological polar surface area (TPSA) is 44.5 Å². The summed E-state index contributed by atoms with van der Waals surface area (Å²) < 4.78 is 51.1. The summed E-state index contributed by atoms with van der Waals surface area (Å²) in [7, 11) is 0. The molecule has 1 aliphatic rings. The number of anilines is 1. The lowest BCUT2D eigenvalue weighted by atomic mass is 9.86. The van der Waals surface area contributed by atoms with Crippen LogP contribution in [-0.4, -0.2) is 6.61 Å². The largest absolute Gasteiger partial charge is 0.480 e. The van der Waals surface area contributed by atoms with Crippen molar-refractivity contribution in [2.45, 2.75) is 12.7 Å². The van der Waals surface area contributed by atoms with E-state index in [1.165, 1.54) is 18.2 Å². The Morgan fingerprint density at radius 2 is 1.66 bits per heavy atom. The first-order valence-corrected chi connectivity index (χ1v) is 10.0. The third-order valence-electron chi connectivity index (χ3n) is 5.48. The van der Waals surface area contributed by atoms with Crippen LogP contribution in [0, 0.1) is 5.82 Å². The van der Waals surface area contributed by atoms with Crippen LogP contribution < -0.4 is 15.2 Å². The van der Waals surface area contributed by atoms with Crippen LogP contribution in [0.2, 0.25) is 0 Å². The molecule has 0 aliphatic carbocycles. The molecular weight excluding hydrogens is 415 g/mol. The second-order valence-electron chi connectivity index (χ2n) is 7.45. The quantitative estimate of drug-likeness (QED) is 0.359. The van der Waals surface area contributed by atoms with Crippen molar-refractivity contribution in [2.75, 3.05) is 5.73 Å². The minimum Gasteiger partial charge on any atom is -0.480 e. The van der Waals surface area contributed by atoms with Gasteiger partial charge in [0.15, 0.2) is 0 Å². The molecule has 0 bridgehead atoms. The number of benzene rings is 4. The summed E-state index contributed by atoms with van der Waals surface area (Å²) in [6.45, 7) is -2.98. The van der Waals surface area contributed by atoms with Crippen molar-refractivity contribution >= 4 is 5.69 Å². The van der Waals surface area contributed by atoms with Gasteiger partial charge in [-0.25, -0.2) is 4.39 Å². The molecule has 4 aromatic carbocycles. The summed E-state index contributed by atoms with van der Waals surface area (Å²) in [5.41, 5.74) is 10.9. The molecule has 1 atom stereocenters. The first-order valence-electron chi connectivity index (χ1n) is 10.0. The zero-order valence-corrected chi connectivity index (χ0v) is 16.8. The number of ether oxygens (including phenoxy) is 2. The number of alkyl halides is 2. The Hall–Kier alpha value is -3.93. The number of nitrogens with two attached hydrogens (primary N) is 1. The number of fused-ring (bicyclic) bond motifs is 3. The second-order valence-corrected chi connectivity index (χ2v) is 7.45. The Bertz CT molecular complexity index is 1310. The monoisotopic (exact) mass is 433 g/mol. The van der Waals surface area contributed by atoms with E-state index in [1.807, 2.05) is 36.4 Å². The van der Waals surface area contributed by atoms with Crippen molar-refractivity contribution < 1.29 is 22.6 Å². The SMILES string of the molecule is Nc1ccccc1-c1ccc2c(c1)C(c1cccc(F)c1)Oc1cccc(OC(F)F)c1-2. The number of para-hydroxylation sites is 1. The molecule has 0 aromatic heterocycles. The van der Waals surface area contributed by atoms with E-state index in [0.29, 0.717) is 33.7 Å². The van der Waals surface area contributed by atoms with Crippen LogP contribution in [0.1, 0.15) is 17.2 Å². The van der Waals surface area contributed by atoms with Crippen molar-refractivity contribution in [3.63, 3.8) is 0 Å². The molecule has 2 N–H and O–H groups in total. The van der Waals surface area contributed by atoms with Gasteiger partial charge in [-0.05, 0) is 53.1 Å². The normalized spacial score (nSPS) is 14.4. The summed E-state index contributed by atoms with van der Waals surface area (Å²) >= 11 is 0. The molecule has 1 aliphatic heterocycles. The molecule has 160 valence electrons. The third-order valence-corrected chi connectivity index (χ3v) is 5.48. The van der Waals surface area contributed by atoms with Gasteiger partial charge in [0.05, 0.1) is 5.56 Å². The minimum atomic E-state index is -2.98. The Labute approximate surface area is 182 Å². The van der Waals surface area contributed by atoms with Gasteiger partial charge in [0.1, 0.15) is 23.4 Å². The van der Waals surface area contributed by atoms with Gasteiger partial charge < -0.3 is 15.2 Å². The second kappa shape index (κ2) is 7.96. The average Bonchev–Trinajstić information content (AvgIpc) is 2.78. The number of nitrogen functional groups attached to an aromatic ring is 1. The molecule has 6 heteroatoms. The predicted octanol–water partition coefficient (Wildman–Crippen LogP) is 6.83. The van der Waals surface area contributed by atoms with Crippen molar-refractivity contribution in [3.05, 3.63) is 102 Å². The molecule has 1 heterocycles. The van der Waals surface area contributed by atoms with Gasteiger partial charge in [-0.1, -0.05) is 48.5 Å². The van der Waals surface area contributed by atoms with E-state index in [0.717, 1.165) is 11.1 Å². The summed E-state index contributed by atoms with van der Waals surface area (Å²) in [6, 6.07) is 23.9. The maximum absolute atomic E-state index is 14.0. The van der Waals surface area contributed by atoms with Crippen molar-refractivity contribution in [3.8, 4) is 33.8 Å². The summed E-state index contributed by atoms with van der Waals surface area (Å²) in [5.74, 6) is 0.0111. The van der Waals surface area contributed by atoms with Crippen molar-refractivity contribution in [1.29, 1.82) is 0 Å². The zero-order valence-electron chi connectivity index (χ0n) is 16.8. The van der Waals surface area contributed by atoms with Gasteiger partial charge in [0, 0.05) is 16.8 Å². The summed E-state index contributed by atoms with van der Waals surface area (Å²) in [5, 5.41) is 0. The molecule has 1 unspecified atom stereocenters. The first-order chi connectivity index (χ1) is 15.5. The van der Waals surface area contributed by atoms with E-state index >= 15 is 0 Å². The third kappa shape index (κ3) is 3.54. The lowest BCUT2D eigenvalue weighted by Crippen LogP contribution is -2.17. The van der Waals surface area contributed by atoms with Crippen LogP contribution in [-0.2, 0) is 0 Å². The highest BCUT2D eigenvalue weighted by Crippen LogP contribution is 2.50. The van der Waals surface area contributed by atoms with E-state index in [9.17, 15) is 13.2 Å². The minimum absolute atomic E-state index is 0.0171. The van der Waals surface area contributed by atoms with Gasteiger partial charge >= 0.3 is 6.61 Å². The van der Waals surface area contributed by atoms with E-state index in [4.69, 9.17) is 15.2 Å².